The predicted molar refractivity (Wildman–Crippen MR) is 69.9 cm³/mol. The lowest BCUT2D eigenvalue weighted by Gasteiger charge is -2.21. The first-order chi connectivity index (χ1) is 7.77. The lowest BCUT2D eigenvalue weighted by Crippen LogP contribution is -2.31. The molecule has 2 nitrogen and oxygen atoms in total. The van der Waals surface area contributed by atoms with Gasteiger partial charge < -0.3 is 5.32 Å². The van der Waals surface area contributed by atoms with Crippen LogP contribution in [-0.2, 0) is 0 Å². The number of anilines is 1. The molecule has 0 saturated carbocycles. The molecule has 0 aliphatic carbocycles. The minimum absolute atomic E-state index is 0.777. The Labute approximate surface area is 98.7 Å². The second-order valence-corrected chi connectivity index (χ2v) is 4.77. The molecule has 1 aromatic rings. The van der Waals surface area contributed by atoms with E-state index >= 15 is 0 Å². The van der Waals surface area contributed by atoms with Crippen molar-refractivity contribution in [1.29, 1.82) is 0 Å². The molecule has 1 atom stereocenters. The van der Waals surface area contributed by atoms with Gasteiger partial charge >= 0.3 is 0 Å². The normalized spacial score (nSPS) is 21.2. The fourth-order valence-electron chi connectivity index (χ4n) is 2.43. The van der Waals surface area contributed by atoms with Gasteiger partial charge in [-0.1, -0.05) is 18.2 Å². The highest BCUT2D eigenvalue weighted by molar-refractivity contribution is 5.50. The number of likely N-dealkylation sites (tertiary alicyclic amines) is 1. The summed E-state index contributed by atoms with van der Waals surface area (Å²) in [4.78, 5) is 2.57. The van der Waals surface area contributed by atoms with Gasteiger partial charge in [0.25, 0.3) is 0 Å². The van der Waals surface area contributed by atoms with Gasteiger partial charge in [-0.25, -0.2) is 0 Å². The summed E-state index contributed by atoms with van der Waals surface area (Å²) in [5, 5.41) is 3.52. The quantitative estimate of drug-likeness (QED) is 0.836. The summed E-state index contributed by atoms with van der Waals surface area (Å²) < 4.78 is 0. The number of hydrogen-bond donors (Lipinski definition) is 1. The van der Waals surface area contributed by atoms with E-state index in [4.69, 9.17) is 0 Å². The molecule has 0 spiro atoms. The molecule has 1 aliphatic rings. The fourth-order valence-corrected chi connectivity index (χ4v) is 2.43. The van der Waals surface area contributed by atoms with Gasteiger partial charge in [0.2, 0.25) is 0 Å². The zero-order valence-corrected chi connectivity index (χ0v) is 10.4. The molecule has 1 unspecified atom stereocenters. The van der Waals surface area contributed by atoms with Crippen LogP contribution >= 0.6 is 0 Å². The number of para-hydroxylation sites is 1. The van der Waals surface area contributed by atoms with Crippen molar-refractivity contribution < 1.29 is 0 Å². The topological polar surface area (TPSA) is 15.3 Å². The van der Waals surface area contributed by atoms with E-state index in [-0.39, 0.29) is 0 Å². The molecule has 2 rings (SSSR count). The highest BCUT2D eigenvalue weighted by atomic mass is 15.2. The maximum Gasteiger partial charge on any atom is 0.0370 e. The average Bonchev–Trinajstić information content (AvgIpc) is 2.67. The molecule has 1 aliphatic heterocycles. The van der Waals surface area contributed by atoms with Gasteiger partial charge in [-0.05, 0) is 44.9 Å². The van der Waals surface area contributed by atoms with Crippen LogP contribution in [0.2, 0.25) is 0 Å². The van der Waals surface area contributed by atoms with Crippen LogP contribution in [-0.4, -0.2) is 30.6 Å². The summed E-state index contributed by atoms with van der Waals surface area (Å²) >= 11 is 0. The highest BCUT2D eigenvalue weighted by Crippen LogP contribution is 2.16. The molecule has 16 heavy (non-hydrogen) atoms. The Kier molecular flexibility index (Phi) is 3.83. The van der Waals surface area contributed by atoms with E-state index < -0.39 is 0 Å². The van der Waals surface area contributed by atoms with Crippen LogP contribution in [0, 0.1) is 6.92 Å². The Morgan fingerprint density at radius 2 is 2.19 bits per heavy atom. The molecular formula is C14H22N2. The Morgan fingerprint density at radius 3 is 2.88 bits per heavy atom. The standard InChI is InChI=1S/C14H22N2/c1-12-6-3-4-8-14(12)15-9-11-16-10-5-7-13(16)2/h3-4,6,8,13,15H,5,7,9-11H2,1-2H3. The van der Waals surface area contributed by atoms with Crippen LogP contribution in [0.3, 0.4) is 0 Å². The van der Waals surface area contributed by atoms with E-state index in [1.807, 2.05) is 0 Å². The molecule has 0 amide bonds. The summed E-state index contributed by atoms with van der Waals surface area (Å²) in [5.74, 6) is 0. The molecule has 0 aromatic heterocycles. The van der Waals surface area contributed by atoms with Crippen molar-refractivity contribution in [1.82, 2.24) is 4.90 Å². The van der Waals surface area contributed by atoms with Crippen LogP contribution in [0.15, 0.2) is 24.3 Å². The molecule has 1 heterocycles. The molecule has 0 bridgehead atoms. The molecule has 88 valence electrons. The maximum absolute atomic E-state index is 3.52. The largest absolute Gasteiger partial charge is 0.384 e. The predicted octanol–water partition coefficient (Wildman–Crippen LogP) is 2.89. The monoisotopic (exact) mass is 218 g/mol. The summed E-state index contributed by atoms with van der Waals surface area (Å²) in [6.45, 7) is 7.98. The van der Waals surface area contributed by atoms with Crippen molar-refractivity contribution in [3.05, 3.63) is 29.8 Å². The van der Waals surface area contributed by atoms with Crippen LogP contribution in [0.25, 0.3) is 0 Å². The summed E-state index contributed by atoms with van der Waals surface area (Å²) in [5.41, 5.74) is 2.60. The van der Waals surface area contributed by atoms with Crippen molar-refractivity contribution in [2.75, 3.05) is 25.0 Å². The highest BCUT2D eigenvalue weighted by Gasteiger charge is 2.18. The molecular weight excluding hydrogens is 196 g/mol. The smallest absolute Gasteiger partial charge is 0.0370 e. The van der Waals surface area contributed by atoms with Gasteiger partial charge in [-0.3, -0.25) is 4.90 Å². The Morgan fingerprint density at radius 1 is 1.38 bits per heavy atom. The van der Waals surface area contributed by atoms with Crippen molar-refractivity contribution in [2.24, 2.45) is 0 Å². The van der Waals surface area contributed by atoms with Crippen LogP contribution in [0.1, 0.15) is 25.3 Å². The molecule has 1 saturated heterocycles. The summed E-state index contributed by atoms with van der Waals surface area (Å²) in [7, 11) is 0. The Hall–Kier alpha value is -1.02. The zero-order chi connectivity index (χ0) is 11.4. The first kappa shape index (κ1) is 11.5. The summed E-state index contributed by atoms with van der Waals surface area (Å²) in [6, 6.07) is 9.26. The van der Waals surface area contributed by atoms with Crippen molar-refractivity contribution in [3.8, 4) is 0 Å². The zero-order valence-electron chi connectivity index (χ0n) is 10.4. The Balaban J connectivity index is 1.78. The van der Waals surface area contributed by atoms with Gasteiger partial charge in [0.15, 0.2) is 0 Å². The number of hydrogen-bond acceptors (Lipinski definition) is 2. The molecule has 2 heteroatoms. The third kappa shape index (κ3) is 2.76. The van der Waals surface area contributed by atoms with Gasteiger partial charge in [-0.2, -0.15) is 0 Å². The molecule has 1 aromatic carbocycles. The van der Waals surface area contributed by atoms with Crippen LogP contribution < -0.4 is 5.32 Å². The first-order valence-electron chi connectivity index (χ1n) is 6.31. The van der Waals surface area contributed by atoms with Crippen molar-refractivity contribution in [2.45, 2.75) is 32.7 Å². The third-order valence-electron chi connectivity index (χ3n) is 3.55. The van der Waals surface area contributed by atoms with Crippen LogP contribution in [0.4, 0.5) is 5.69 Å². The number of rotatable bonds is 4. The maximum atomic E-state index is 3.52. The molecule has 1 fully saturated rings. The number of nitrogens with zero attached hydrogens (tertiary/aromatic N) is 1. The molecule has 0 radical (unpaired) electrons. The van der Waals surface area contributed by atoms with Crippen LogP contribution in [0.5, 0.6) is 0 Å². The average molecular weight is 218 g/mol. The number of nitrogens with one attached hydrogen (secondary N) is 1. The summed E-state index contributed by atoms with van der Waals surface area (Å²) in [6.07, 6.45) is 2.73. The van der Waals surface area contributed by atoms with E-state index in [9.17, 15) is 0 Å². The van der Waals surface area contributed by atoms with Gasteiger partial charge in [0.1, 0.15) is 0 Å². The lowest BCUT2D eigenvalue weighted by molar-refractivity contribution is 0.279. The van der Waals surface area contributed by atoms with E-state index in [2.05, 4.69) is 48.3 Å². The van der Waals surface area contributed by atoms with Gasteiger partial charge in [0, 0.05) is 24.8 Å². The number of benzene rings is 1. The Bertz CT molecular complexity index is 335. The third-order valence-corrected chi connectivity index (χ3v) is 3.55. The van der Waals surface area contributed by atoms with Gasteiger partial charge in [0.05, 0.1) is 0 Å². The minimum Gasteiger partial charge on any atom is -0.384 e. The second-order valence-electron chi connectivity index (χ2n) is 4.77. The lowest BCUT2D eigenvalue weighted by atomic mass is 10.2. The second kappa shape index (κ2) is 5.35. The SMILES string of the molecule is Cc1ccccc1NCCN1CCCC1C. The van der Waals surface area contributed by atoms with E-state index in [1.54, 1.807) is 0 Å². The van der Waals surface area contributed by atoms with E-state index in [0.717, 1.165) is 19.1 Å². The fraction of sp³-hybridized carbons (Fsp3) is 0.571. The number of aryl methyl sites for hydroxylation is 1. The molecule has 1 N–H and O–H groups in total. The first-order valence-corrected chi connectivity index (χ1v) is 6.31. The minimum atomic E-state index is 0.777. The van der Waals surface area contributed by atoms with E-state index in [0.29, 0.717) is 0 Å². The van der Waals surface area contributed by atoms with Gasteiger partial charge in [-0.15, -0.1) is 0 Å². The van der Waals surface area contributed by atoms with Crippen molar-refractivity contribution in [3.63, 3.8) is 0 Å². The van der Waals surface area contributed by atoms with Crippen molar-refractivity contribution >= 4 is 5.69 Å². The van der Waals surface area contributed by atoms with E-state index in [1.165, 1.54) is 30.6 Å².